The van der Waals surface area contributed by atoms with Gasteiger partial charge in [0.1, 0.15) is 11.4 Å². The first-order valence-corrected chi connectivity index (χ1v) is 10.7. The van der Waals surface area contributed by atoms with Crippen LogP contribution in [-0.2, 0) is 11.3 Å². The van der Waals surface area contributed by atoms with Crippen LogP contribution in [0.1, 0.15) is 32.6 Å². The number of aromatic nitrogens is 2. The van der Waals surface area contributed by atoms with E-state index in [0.717, 1.165) is 41.1 Å². The summed E-state index contributed by atoms with van der Waals surface area (Å²) < 4.78 is 1.47. The summed E-state index contributed by atoms with van der Waals surface area (Å²) in [5, 5.41) is 4.60. The van der Waals surface area contributed by atoms with Gasteiger partial charge < -0.3 is 4.90 Å². The lowest BCUT2D eigenvalue weighted by Gasteiger charge is -2.35. The molecule has 7 heteroatoms. The topological polar surface area (TPSA) is 55.2 Å². The second-order valence-electron chi connectivity index (χ2n) is 6.63. The first-order chi connectivity index (χ1) is 12.7. The van der Waals surface area contributed by atoms with Crippen molar-refractivity contribution in [3.8, 4) is 10.4 Å². The molecule has 3 aromatic heterocycles. The van der Waals surface area contributed by atoms with Gasteiger partial charge in [0, 0.05) is 28.4 Å². The summed E-state index contributed by atoms with van der Waals surface area (Å²) in [7, 11) is 0. The maximum absolute atomic E-state index is 13.0. The molecule has 0 N–H and O–H groups in total. The van der Waals surface area contributed by atoms with E-state index < -0.39 is 0 Å². The average molecular weight is 388 g/mol. The van der Waals surface area contributed by atoms with E-state index in [0.29, 0.717) is 11.4 Å². The molecule has 1 unspecified atom stereocenters. The molecule has 0 bridgehead atoms. The van der Waals surface area contributed by atoms with Gasteiger partial charge in [0.05, 0.1) is 11.7 Å². The molecule has 0 aliphatic carbocycles. The SMILES string of the molecule is CCC1CCCCN1C(=O)Cn1cnc2scc(-c3cccs3)c2c1=O. The molecule has 1 amide bonds. The van der Waals surface area contributed by atoms with Crippen LogP contribution in [0.25, 0.3) is 20.7 Å². The molecule has 4 heterocycles. The van der Waals surface area contributed by atoms with Crippen molar-refractivity contribution < 1.29 is 4.79 Å². The van der Waals surface area contributed by atoms with E-state index >= 15 is 0 Å². The van der Waals surface area contributed by atoms with Gasteiger partial charge >= 0.3 is 0 Å². The van der Waals surface area contributed by atoms with Crippen LogP contribution in [0.15, 0.2) is 34.0 Å². The fraction of sp³-hybridized carbons (Fsp3) is 0.421. The standard InChI is InChI=1S/C19H21N3O2S2/c1-2-13-6-3-4-8-22(13)16(23)10-21-12-20-18-17(19(21)24)14(11-26-18)15-7-5-9-25-15/h5,7,9,11-13H,2-4,6,8,10H2,1H3. The van der Waals surface area contributed by atoms with Crippen LogP contribution in [0.4, 0.5) is 0 Å². The third-order valence-electron chi connectivity index (χ3n) is 5.07. The number of thiophene rings is 2. The van der Waals surface area contributed by atoms with Crippen molar-refractivity contribution in [1.82, 2.24) is 14.5 Å². The Labute approximate surface area is 159 Å². The summed E-state index contributed by atoms with van der Waals surface area (Å²) in [6.07, 6.45) is 5.75. The summed E-state index contributed by atoms with van der Waals surface area (Å²) in [4.78, 5) is 34.0. The van der Waals surface area contributed by atoms with E-state index in [-0.39, 0.29) is 18.0 Å². The van der Waals surface area contributed by atoms with E-state index in [9.17, 15) is 9.59 Å². The third-order valence-corrected chi connectivity index (χ3v) is 6.86. The summed E-state index contributed by atoms with van der Waals surface area (Å²) in [5.41, 5.74) is 0.793. The number of nitrogens with zero attached hydrogens (tertiary/aromatic N) is 3. The van der Waals surface area contributed by atoms with Gasteiger partial charge in [-0.15, -0.1) is 22.7 Å². The largest absolute Gasteiger partial charge is 0.338 e. The first-order valence-electron chi connectivity index (χ1n) is 8.99. The monoisotopic (exact) mass is 387 g/mol. The van der Waals surface area contributed by atoms with Crippen molar-refractivity contribution in [2.45, 2.75) is 45.2 Å². The Hall–Kier alpha value is -1.99. The quantitative estimate of drug-likeness (QED) is 0.680. The van der Waals surface area contributed by atoms with Gasteiger partial charge in [-0.1, -0.05) is 13.0 Å². The summed E-state index contributed by atoms with van der Waals surface area (Å²) in [6, 6.07) is 4.28. The molecular formula is C19H21N3O2S2. The van der Waals surface area contributed by atoms with Crippen molar-refractivity contribution in [3.05, 3.63) is 39.6 Å². The Kier molecular flexibility index (Phi) is 4.91. The van der Waals surface area contributed by atoms with Crippen molar-refractivity contribution in [2.24, 2.45) is 0 Å². The zero-order chi connectivity index (χ0) is 18.1. The van der Waals surface area contributed by atoms with Crippen LogP contribution in [0.2, 0.25) is 0 Å². The Morgan fingerprint density at radius 3 is 3.00 bits per heavy atom. The molecule has 26 heavy (non-hydrogen) atoms. The van der Waals surface area contributed by atoms with Crippen molar-refractivity contribution in [1.29, 1.82) is 0 Å². The molecule has 1 aliphatic heterocycles. The predicted octanol–water partition coefficient (Wildman–Crippen LogP) is 3.98. The highest BCUT2D eigenvalue weighted by atomic mass is 32.1. The minimum absolute atomic E-state index is 0.0210. The fourth-order valence-electron chi connectivity index (χ4n) is 3.68. The minimum Gasteiger partial charge on any atom is -0.338 e. The second kappa shape index (κ2) is 7.32. The van der Waals surface area contributed by atoms with E-state index in [1.165, 1.54) is 28.7 Å². The molecule has 1 aliphatic rings. The van der Waals surface area contributed by atoms with Crippen molar-refractivity contribution >= 4 is 38.8 Å². The highest BCUT2D eigenvalue weighted by Crippen LogP contribution is 2.33. The average Bonchev–Trinajstić information content (AvgIpc) is 3.33. The fourth-order valence-corrected chi connectivity index (χ4v) is 5.40. The first kappa shape index (κ1) is 17.4. The molecule has 1 saturated heterocycles. The van der Waals surface area contributed by atoms with E-state index in [2.05, 4.69) is 11.9 Å². The number of hydrogen-bond donors (Lipinski definition) is 0. The summed E-state index contributed by atoms with van der Waals surface area (Å²) in [6.45, 7) is 2.98. The van der Waals surface area contributed by atoms with Gasteiger partial charge in [0.2, 0.25) is 5.91 Å². The van der Waals surface area contributed by atoms with Crippen LogP contribution in [0.3, 0.4) is 0 Å². The maximum atomic E-state index is 13.0. The van der Waals surface area contributed by atoms with Crippen molar-refractivity contribution in [2.75, 3.05) is 6.54 Å². The molecule has 136 valence electrons. The molecule has 1 atom stereocenters. The minimum atomic E-state index is -0.127. The number of carbonyl (C=O) groups is 1. The Morgan fingerprint density at radius 1 is 1.35 bits per heavy atom. The van der Waals surface area contributed by atoms with E-state index in [4.69, 9.17) is 0 Å². The van der Waals surface area contributed by atoms with Crippen LogP contribution in [-0.4, -0.2) is 32.9 Å². The number of carbonyl (C=O) groups excluding carboxylic acids is 1. The van der Waals surface area contributed by atoms with Crippen LogP contribution in [0.5, 0.6) is 0 Å². The molecule has 4 rings (SSSR count). The lowest BCUT2D eigenvalue weighted by Crippen LogP contribution is -2.45. The van der Waals surface area contributed by atoms with Crippen LogP contribution in [0, 0.1) is 0 Å². The molecule has 1 fully saturated rings. The maximum Gasteiger partial charge on any atom is 0.263 e. The molecule has 0 spiro atoms. The Morgan fingerprint density at radius 2 is 2.23 bits per heavy atom. The predicted molar refractivity (Wildman–Crippen MR) is 107 cm³/mol. The molecule has 3 aromatic rings. The van der Waals surface area contributed by atoms with Crippen LogP contribution >= 0.6 is 22.7 Å². The van der Waals surface area contributed by atoms with Gasteiger partial charge in [-0.3, -0.25) is 14.2 Å². The number of hydrogen-bond acceptors (Lipinski definition) is 5. The van der Waals surface area contributed by atoms with Crippen molar-refractivity contribution in [3.63, 3.8) is 0 Å². The highest BCUT2D eigenvalue weighted by molar-refractivity contribution is 7.18. The molecule has 0 radical (unpaired) electrons. The number of likely N-dealkylation sites (tertiary alicyclic amines) is 1. The smallest absolute Gasteiger partial charge is 0.263 e. The summed E-state index contributed by atoms with van der Waals surface area (Å²) >= 11 is 3.08. The highest BCUT2D eigenvalue weighted by Gasteiger charge is 2.26. The van der Waals surface area contributed by atoms with Gasteiger partial charge in [-0.2, -0.15) is 0 Å². The zero-order valence-corrected chi connectivity index (χ0v) is 16.3. The zero-order valence-electron chi connectivity index (χ0n) is 14.7. The van der Waals surface area contributed by atoms with Crippen LogP contribution < -0.4 is 5.56 Å². The molecule has 5 nitrogen and oxygen atoms in total. The molecular weight excluding hydrogens is 366 g/mol. The summed E-state index contributed by atoms with van der Waals surface area (Å²) in [5.74, 6) is 0.0210. The lowest BCUT2D eigenvalue weighted by atomic mass is 10.00. The third kappa shape index (κ3) is 3.10. The number of fused-ring (bicyclic) bond motifs is 1. The van der Waals surface area contributed by atoms with Gasteiger partial charge in [-0.05, 0) is 37.1 Å². The number of piperidine rings is 1. The molecule has 0 saturated carbocycles. The number of rotatable bonds is 4. The van der Waals surface area contributed by atoms with Gasteiger partial charge in [0.15, 0.2) is 0 Å². The Bertz CT molecular complexity index is 974. The Balaban J connectivity index is 1.67. The van der Waals surface area contributed by atoms with E-state index in [1.807, 2.05) is 27.8 Å². The normalized spacial score (nSPS) is 17.7. The van der Waals surface area contributed by atoms with E-state index in [1.54, 1.807) is 11.3 Å². The van der Waals surface area contributed by atoms with Gasteiger partial charge in [-0.25, -0.2) is 4.98 Å². The second-order valence-corrected chi connectivity index (χ2v) is 8.44. The lowest BCUT2D eigenvalue weighted by molar-refractivity contribution is -0.135. The van der Waals surface area contributed by atoms with Gasteiger partial charge in [0.25, 0.3) is 5.56 Å². The molecule has 0 aromatic carbocycles. The number of amides is 1.